The molecule has 7 heteroatoms. The molecule has 1 atom stereocenters. The van der Waals surface area contributed by atoms with Gasteiger partial charge in [0.1, 0.15) is 11.9 Å². The molecule has 20 heavy (non-hydrogen) atoms. The molecule has 3 amide bonds. The molecule has 0 bridgehead atoms. The van der Waals surface area contributed by atoms with Crippen LogP contribution in [0.2, 0.25) is 0 Å². The van der Waals surface area contributed by atoms with Gasteiger partial charge in [-0.2, -0.15) is 0 Å². The lowest BCUT2D eigenvalue weighted by Crippen LogP contribution is -2.52. The van der Waals surface area contributed by atoms with E-state index in [0.29, 0.717) is 17.5 Å². The topological polar surface area (TPSA) is 66.5 Å². The smallest absolute Gasteiger partial charge is 0.255 e. The molecule has 2 aliphatic heterocycles. The average molecular weight is 341 g/mol. The quantitative estimate of drug-likeness (QED) is 0.785. The Bertz CT molecular complexity index is 647. The number of hydrogen-bond donors (Lipinski definition) is 1. The molecule has 2 heterocycles. The second kappa shape index (κ2) is 4.66. The van der Waals surface area contributed by atoms with Crippen LogP contribution in [0.15, 0.2) is 16.6 Å². The molecule has 0 saturated carbocycles. The van der Waals surface area contributed by atoms with E-state index in [1.807, 2.05) is 0 Å². The lowest BCUT2D eigenvalue weighted by molar-refractivity contribution is -0.136. The third kappa shape index (κ3) is 1.93. The third-order valence-electron chi connectivity index (χ3n) is 3.60. The molecule has 0 spiro atoms. The summed E-state index contributed by atoms with van der Waals surface area (Å²) in [6, 6.07) is 1.96. The average Bonchev–Trinajstić information content (AvgIpc) is 2.72. The van der Waals surface area contributed by atoms with Gasteiger partial charge in [0.15, 0.2) is 0 Å². The van der Waals surface area contributed by atoms with Gasteiger partial charge < -0.3 is 4.90 Å². The highest BCUT2D eigenvalue weighted by Gasteiger charge is 2.40. The largest absolute Gasteiger partial charge is 0.322 e. The third-order valence-corrected chi connectivity index (χ3v) is 4.46. The van der Waals surface area contributed by atoms with E-state index in [0.717, 1.165) is 0 Å². The molecule has 0 aliphatic carbocycles. The Kier molecular flexibility index (Phi) is 3.08. The maximum absolute atomic E-state index is 13.5. The summed E-state index contributed by atoms with van der Waals surface area (Å²) >= 11 is 3.13. The summed E-state index contributed by atoms with van der Waals surface area (Å²) in [6.07, 6.45) is 0.497. The Morgan fingerprint density at radius 3 is 2.75 bits per heavy atom. The lowest BCUT2D eigenvalue weighted by atomic mass is 10.0. The Balaban J connectivity index is 1.92. The number of carbonyl (C=O) groups excluding carboxylic acids is 3. The van der Waals surface area contributed by atoms with Crippen molar-refractivity contribution < 1.29 is 18.8 Å². The molecule has 1 unspecified atom stereocenters. The number of piperidine rings is 1. The van der Waals surface area contributed by atoms with E-state index in [4.69, 9.17) is 0 Å². The van der Waals surface area contributed by atoms with E-state index in [2.05, 4.69) is 21.2 Å². The van der Waals surface area contributed by atoms with E-state index >= 15 is 0 Å². The number of benzene rings is 1. The molecule has 104 valence electrons. The number of fused-ring (bicyclic) bond motifs is 1. The number of halogens is 2. The van der Waals surface area contributed by atoms with Crippen LogP contribution in [0.4, 0.5) is 4.39 Å². The summed E-state index contributed by atoms with van der Waals surface area (Å²) in [4.78, 5) is 36.7. The van der Waals surface area contributed by atoms with Crippen molar-refractivity contribution in [3.8, 4) is 0 Å². The second-order valence-corrected chi connectivity index (χ2v) is 5.58. The SMILES string of the molecule is O=C1CCC(N2Cc3c(ccc(F)c3Br)C2=O)C(=O)N1. The standard InChI is InChI=1S/C13H10BrFN2O3/c14-11-7-5-17(9-3-4-10(18)16-12(9)19)13(20)6(7)1-2-8(11)15/h1-2,9H,3-5H2,(H,16,18,19). The zero-order valence-corrected chi connectivity index (χ0v) is 11.9. The maximum atomic E-state index is 13.5. The molecule has 1 aromatic carbocycles. The molecular weight excluding hydrogens is 331 g/mol. The Hall–Kier alpha value is -1.76. The molecular formula is C13H10BrFN2O3. The molecule has 3 rings (SSSR count). The number of amides is 3. The predicted molar refractivity (Wildman–Crippen MR) is 70.1 cm³/mol. The molecule has 1 N–H and O–H groups in total. The minimum atomic E-state index is -0.678. The van der Waals surface area contributed by atoms with E-state index in [1.54, 1.807) is 0 Å². The van der Waals surface area contributed by atoms with Gasteiger partial charge in [-0.1, -0.05) is 0 Å². The van der Waals surface area contributed by atoms with Crippen molar-refractivity contribution in [1.82, 2.24) is 10.2 Å². The zero-order valence-electron chi connectivity index (χ0n) is 10.3. The zero-order chi connectivity index (χ0) is 14.4. The minimum absolute atomic E-state index is 0.165. The molecule has 0 radical (unpaired) electrons. The van der Waals surface area contributed by atoms with Gasteiger partial charge >= 0.3 is 0 Å². The van der Waals surface area contributed by atoms with Crippen molar-refractivity contribution >= 4 is 33.7 Å². The van der Waals surface area contributed by atoms with Crippen LogP contribution in [-0.2, 0) is 16.1 Å². The van der Waals surface area contributed by atoms with Crippen molar-refractivity contribution in [3.05, 3.63) is 33.5 Å². The normalized spacial score (nSPS) is 22.0. The van der Waals surface area contributed by atoms with E-state index in [9.17, 15) is 18.8 Å². The van der Waals surface area contributed by atoms with Gasteiger partial charge in [-0.05, 0) is 34.5 Å². The second-order valence-electron chi connectivity index (χ2n) is 4.79. The number of nitrogens with one attached hydrogen (secondary N) is 1. The van der Waals surface area contributed by atoms with Crippen LogP contribution in [0.25, 0.3) is 0 Å². The first-order valence-corrected chi connectivity index (χ1v) is 6.90. The molecule has 5 nitrogen and oxygen atoms in total. The van der Waals surface area contributed by atoms with Crippen LogP contribution in [-0.4, -0.2) is 28.7 Å². The van der Waals surface area contributed by atoms with Gasteiger partial charge in [0.05, 0.1) is 4.47 Å². The number of rotatable bonds is 1. The van der Waals surface area contributed by atoms with E-state index in [-0.39, 0.29) is 29.3 Å². The van der Waals surface area contributed by atoms with Gasteiger partial charge in [0, 0.05) is 24.1 Å². The van der Waals surface area contributed by atoms with Crippen LogP contribution in [0.3, 0.4) is 0 Å². The molecule has 1 fully saturated rings. The summed E-state index contributed by atoms with van der Waals surface area (Å²) in [7, 11) is 0. The monoisotopic (exact) mass is 340 g/mol. The van der Waals surface area contributed by atoms with E-state index in [1.165, 1.54) is 17.0 Å². The molecule has 1 saturated heterocycles. The van der Waals surface area contributed by atoms with Gasteiger partial charge in [-0.3, -0.25) is 19.7 Å². The fourth-order valence-electron chi connectivity index (χ4n) is 2.58. The van der Waals surface area contributed by atoms with Crippen LogP contribution in [0, 0.1) is 5.82 Å². The first-order valence-electron chi connectivity index (χ1n) is 6.10. The number of carbonyl (C=O) groups is 3. The lowest BCUT2D eigenvalue weighted by Gasteiger charge is -2.29. The number of hydrogen-bond acceptors (Lipinski definition) is 3. The summed E-state index contributed by atoms with van der Waals surface area (Å²) in [5, 5.41) is 2.22. The highest BCUT2D eigenvalue weighted by molar-refractivity contribution is 9.10. The Labute approximate surface area is 122 Å². The maximum Gasteiger partial charge on any atom is 0.255 e. The first kappa shape index (κ1) is 13.2. The van der Waals surface area contributed by atoms with Gasteiger partial charge in [0.25, 0.3) is 5.91 Å². The highest BCUT2D eigenvalue weighted by Crippen LogP contribution is 2.33. The summed E-state index contributed by atoms with van der Waals surface area (Å²) in [6.45, 7) is 0.165. The van der Waals surface area contributed by atoms with Crippen LogP contribution < -0.4 is 5.32 Å². The minimum Gasteiger partial charge on any atom is -0.322 e. The van der Waals surface area contributed by atoms with Crippen LogP contribution in [0.1, 0.15) is 28.8 Å². The molecule has 2 aliphatic rings. The molecule has 1 aromatic rings. The van der Waals surface area contributed by atoms with Crippen molar-refractivity contribution in [2.75, 3.05) is 0 Å². The molecule has 0 aromatic heterocycles. The van der Waals surface area contributed by atoms with Crippen molar-refractivity contribution in [1.29, 1.82) is 0 Å². The van der Waals surface area contributed by atoms with Crippen LogP contribution in [0.5, 0.6) is 0 Å². The summed E-state index contributed by atoms with van der Waals surface area (Å²) in [5.74, 6) is -1.56. The number of nitrogens with zero attached hydrogens (tertiary/aromatic N) is 1. The van der Waals surface area contributed by atoms with Gasteiger partial charge in [-0.15, -0.1) is 0 Å². The van der Waals surface area contributed by atoms with Gasteiger partial charge in [0.2, 0.25) is 11.8 Å². The van der Waals surface area contributed by atoms with Crippen molar-refractivity contribution in [2.24, 2.45) is 0 Å². The Morgan fingerprint density at radius 2 is 2.05 bits per heavy atom. The van der Waals surface area contributed by atoms with Crippen molar-refractivity contribution in [3.63, 3.8) is 0 Å². The number of imide groups is 1. The van der Waals surface area contributed by atoms with Crippen molar-refractivity contribution in [2.45, 2.75) is 25.4 Å². The summed E-state index contributed by atoms with van der Waals surface area (Å²) in [5.41, 5.74) is 0.933. The van der Waals surface area contributed by atoms with Gasteiger partial charge in [-0.25, -0.2) is 4.39 Å². The highest BCUT2D eigenvalue weighted by atomic mass is 79.9. The van der Waals surface area contributed by atoms with Crippen LogP contribution >= 0.6 is 15.9 Å². The summed E-state index contributed by atoms with van der Waals surface area (Å²) < 4.78 is 13.7. The Morgan fingerprint density at radius 1 is 1.30 bits per heavy atom. The first-order chi connectivity index (χ1) is 9.49. The fourth-order valence-corrected chi connectivity index (χ4v) is 3.05. The fraction of sp³-hybridized carbons (Fsp3) is 0.308. The van der Waals surface area contributed by atoms with E-state index < -0.39 is 17.8 Å². The predicted octanol–water partition coefficient (Wildman–Crippen LogP) is 1.35.